The summed E-state index contributed by atoms with van der Waals surface area (Å²) in [6.07, 6.45) is 1.53. The number of oxazole rings is 1. The Balaban J connectivity index is 0.000000640. The van der Waals surface area contributed by atoms with E-state index in [1.54, 1.807) is 6.92 Å². The van der Waals surface area contributed by atoms with Crippen LogP contribution in [0.4, 0.5) is 0 Å². The van der Waals surface area contributed by atoms with Gasteiger partial charge in [0.1, 0.15) is 0 Å². The molecule has 0 amide bonds. The van der Waals surface area contributed by atoms with Gasteiger partial charge in [-0.2, -0.15) is 0 Å². The van der Waals surface area contributed by atoms with Crippen LogP contribution in [-0.2, 0) is 25.8 Å². The number of aryl methyl sites for hydroxylation is 1. The van der Waals surface area contributed by atoms with Crippen molar-refractivity contribution in [2.24, 2.45) is 0 Å². The minimum atomic E-state index is -0.414. The van der Waals surface area contributed by atoms with Gasteiger partial charge in [-0.25, -0.2) is 0 Å². The van der Waals surface area contributed by atoms with Crippen LogP contribution in [0.5, 0.6) is 0 Å². The molecule has 0 unspecified atom stereocenters. The number of aromatic nitrogens is 1. The zero-order valence-electron chi connectivity index (χ0n) is 5.13. The Morgan fingerprint density at radius 3 is 2.44 bits per heavy atom. The van der Waals surface area contributed by atoms with Crippen LogP contribution in [0.2, 0.25) is 0 Å². The summed E-state index contributed by atoms with van der Waals surface area (Å²) < 4.78 is 5.71. The minimum Gasteiger partial charge on any atom is -0.485 e. The van der Waals surface area contributed by atoms with E-state index in [2.05, 4.69) is 11.5 Å². The van der Waals surface area contributed by atoms with Crippen LogP contribution in [0.25, 0.3) is 0 Å². The van der Waals surface area contributed by atoms with Crippen LogP contribution in [-0.4, -0.2) is 4.57 Å². The summed E-state index contributed by atoms with van der Waals surface area (Å²) in [4.78, 5) is 10.4. The average Bonchev–Trinajstić information content (AvgIpc) is 1.85. The molecular weight excluding hydrogens is 151 g/mol. The fraction of sp³-hybridized carbons (Fsp3) is 0.200. The quantitative estimate of drug-likeness (QED) is 0.510. The van der Waals surface area contributed by atoms with Crippen molar-refractivity contribution in [2.45, 2.75) is 6.92 Å². The maximum absolute atomic E-state index is 10.4. The summed E-state index contributed by atoms with van der Waals surface area (Å²) in [5, 5.41) is 0. The molecule has 0 fully saturated rings. The van der Waals surface area contributed by atoms with Crippen LogP contribution in [0.15, 0.2) is 15.4 Å². The molecular formula is C5H6NO2Sc-. The summed E-state index contributed by atoms with van der Waals surface area (Å²) in [7, 11) is 3.35. The number of nitrogens with zero attached hydrogens (tertiary/aromatic N) is 1. The molecule has 0 aromatic carbocycles. The summed E-state index contributed by atoms with van der Waals surface area (Å²) >= 11 is 0. The fourth-order valence-electron chi connectivity index (χ4n) is 0.495. The molecule has 1 aromatic heterocycles. The molecule has 0 aliphatic rings. The minimum absolute atomic E-state index is 0. The number of hydrogen-bond donors (Lipinski definition) is 0. The van der Waals surface area contributed by atoms with E-state index < -0.39 is 5.76 Å². The van der Waals surface area contributed by atoms with Crippen LogP contribution in [0.3, 0.4) is 0 Å². The third-order valence-corrected chi connectivity index (χ3v) is 0.820. The third-order valence-electron chi connectivity index (χ3n) is 0.820. The van der Waals surface area contributed by atoms with Gasteiger partial charge in [-0.3, -0.25) is 0 Å². The van der Waals surface area contributed by atoms with E-state index in [9.17, 15) is 4.79 Å². The van der Waals surface area contributed by atoms with Crippen molar-refractivity contribution in [2.75, 3.05) is 0 Å². The van der Waals surface area contributed by atoms with Gasteiger partial charge in [-0.1, -0.05) is 6.20 Å². The van der Waals surface area contributed by atoms with Crippen molar-refractivity contribution >= 4 is 0 Å². The molecule has 0 saturated carbocycles. The molecule has 0 N–H and O–H groups in total. The summed E-state index contributed by atoms with van der Waals surface area (Å²) in [5.74, 6) is 0.174. The molecule has 1 aromatic rings. The maximum Gasteiger partial charge on any atom is 0.303 e. The molecule has 9 heavy (non-hydrogen) atoms. The zero-order valence-corrected chi connectivity index (χ0v) is 6.93. The Morgan fingerprint density at radius 2 is 2.33 bits per heavy atom. The van der Waals surface area contributed by atoms with Gasteiger partial charge < -0.3 is 13.8 Å². The van der Waals surface area contributed by atoms with Crippen molar-refractivity contribution in [3.8, 4) is 0 Å². The van der Waals surface area contributed by atoms with Gasteiger partial charge in [0.05, 0.1) is 5.76 Å². The first-order valence-corrected chi connectivity index (χ1v) is 2.20. The molecule has 1 rings (SSSR count). The van der Waals surface area contributed by atoms with Gasteiger partial charge in [0.25, 0.3) is 0 Å². The van der Waals surface area contributed by atoms with Gasteiger partial charge in [-0.05, 0) is 6.92 Å². The Kier molecular flexibility index (Phi) is 2.97. The van der Waals surface area contributed by atoms with Crippen molar-refractivity contribution in [3.05, 3.63) is 29.6 Å². The van der Waals surface area contributed by atoms with E-state index in [1.165, 1.54) is 6.20 Å². The molecule has 1 radical (unpaired) electrons. The predicted octanol–water partition coefficient (Wildman–Crippen LogP) is 0.387. The summed E-state index contributed by atoms with van der Waals surface area (Å²) in [6.45, 7) is 1.70. The van der Waals surface area contributed by atoms with Gasteiger partial charge in [0, 0.05) is 25.8 Å². The van der Waals surface area contributed by atoms with Crippen LogP contribution in [0.1, 0.15) is 5.76 Å². The van der Waals surface area contributed by atoms with Gasteiger partial charge in [0.2, 0.25) is 0 Å². The normalized spacial score (nSPS) is 8.56. The first-order valence-electron chi connectivity index (χ1n) is 2.20. The second kappa shape index (κ2) is 3.06. The Labute approximate surface area is 71.5 Å². The van der Waals surface area contributed by atoms with Crippen LogP contribution in [0, 0.1) is 14.0 Å². The van der Waals surface area contributed by atoms with Crippen molar-refractivity contribution in [3.63, 3.8) is 0 Å². The molecule has 1 heterocycles. The molecule has 0 saturated heterocycles. The van der Waals surface area contributed by atoms with E-state index in [-0.39, 0.29) is 25.8 Å². The van der Waals surface area contributed by atoms with Crippen LogP contribution < -0.4 is 5.76 Å². The molecule has 0 bridgehead atoms. The summed E-state index contributed by atoms with van der Waals surface area (Å²) in [6, 6.07) is 0. The molecule has 47 valence electrons. The van der Waals surface area contributed by atoms with Gasteiger partial charge in [-0.15, -0.1) is 7.05 Å². The first kappa shape index (κ1) is 8.75. The zero-order chi connectivity index (χ0) is 6.15. The van der Waals surface area contributed by atoms with E-state index in [0.717, 1.165) is 4.57 Å². The van der Waals surface area contributed by atoms with Crippen molar-refractivity contribution in [1.82, 2.24) is 4.57 Å². The topological polar surface area (TPSA) is 35.1 Å². The smallest absolute Gasteiger partial charge is 0.303 e. The molecule has 0 spiro atoms. The maximum atomic E-state index is 10.4. The SMILES string of the molecule is [CH2-]n1cc(C)oc1=O.[Sc]. The van der Waals surface area contributed by atoms with Crippen molar-refractivity contribution < 1.29 is 30.3 Å². The number of rotatable bonds is 0. The van der Waals surface area contributed by atoms with E-state index in [0.29, 0.717) is 5.76 Å². The fourth-order valence-corrected chi connectivity index (χ4v) is 0.495. The molecule has 3 nitrogen and oxygen atoms in total. The predicted molar refractivity (Wildman–Crippen MR) is 28.5 cm³/mol. The molecule has 0 atom stereocenters. The Morgan fingerprint density at radius 1 is 1.78 bits per heavy atom. The molecule has 0 aliphatic heterocycles. The second-order valence-corrected chi connectivity index (χ2v) is 1.58. The summed E-state index contributed by atoms with van der Waals surface area (Å²) in [5.41, 5.74) is 0. The first-order chi connectivity index (χ1) is 3.70. The monoisotopic (exact) mass is 157 g/mol. The Bertz CT molecular complexity index is 237. The van der Waals surface area contributed by atoms with Crippen molar-refractivity contribution in [1.29, 1.82) is 0 Å². The van der Waals surface area contributed by atoms with E-state index in [1.807, 2.05) is 0 Å². The number of hydrogen-bond acceptors (Lipinski definition) is 2. The van der Waals surface area contributed by atoms with Crippen LogP contribution >= 0.6 is 0 Å². The third kappa shape index (κ3) is 1.86. The molecule has 4 heteroatoms. The standard InChI is InChI=1S/C5H6NO2.Sc/c1-4-3-6(2)5(7)8-4;/h3H,2H2,1H3;/q-1;. The average molecular weight is 157 g/mol. The van der Waals surface area contributed by atoms with E-state index in [4.69, 9.17) is 0 Å². The Hall–Kier alpha value is -0.250. The van der Waals surface area contributed by atoms with Gasteiger partial charge in [0.15, 0.2) is 0 Å². The van der Waals surface area contributed by atoms with E-state index >= 15 is 0 Å². The molecule has 0 aliphatic carbocycles. The van der Waals surface area contributed by atoms with Gasteiger partial charge >= 0.3 is 5.76 Å². The second-order valence-electron chi connectivity index (χ2n) is 1.58. The largest absolute Gasteiger partial charge is 0.485 e.